The average molecular weight is 247 g/mol. The number of anilines is 2. The highest BCUT2D eigenvalue weighted by Gasteiger charge is 2.31. The first-order valence-electron chi connectivity index (χ1n) is 6.32. The van der Waals surface area contributed by atoms with Gasteiger partial charge in [0.1, 0.15) is 0 Å². The van der Waals surface area contributed by atoms with Crippen molar-refractivity contribution in [2.45, 2.75) is 26.7 Å². The van der Waals surface area contributed by atoms with E-state index in [1.165, 1.54) is 0 Å². The number of hydrogen-bond donors (Lipinski definition) is 2. The first-order chi connectivity index (χ1) is 8.43. The standard InChI is InChI=1S/C14H21N3O/c1-14(2,5-6-15)9-17-12-4-3-11(16)7-10(12)8-13(17)18/h3-4,7H,5-6,8-9,15-16H2,1-2H3. The van der Waals surface area contributed by atoms with Gasteiger partial charge >= 0.3 is 0 Å². The molecule has 2 rings (SSSR count). The second kappa shape index (κ2) is 4.61. The summed E-state index contributed by atoms with van der Waals surface area (Å²) in [6.45, 7) is 5.63. The molecule has 4 N–H and O–H groups in total. The van der Waals surface area contributed by atoms with Crippen LogP contribution in [0.2, 0.25) is 0 Å². The molecule has 98 valence electrons. The molecule has 0 saturated carbocycles. The summed E-state index contributed by atoms with van der Waals surface area (Å²) in [4.78, 5) is 13.9. The first-order valence-corrected chi connectivity index (χ1v) is 6.32. The number of benzene rings is 1. The van der Waals surface area contributed by atoms with Crippen LogP contribution in [-0.4, -0.2) is 19.0 Å². The number of nitrogens with zero attached hydrogens (tertiary/aromatic N) is 1. The van der Waals surface area contributed by atoms with Crippen LogP contribution in [0.1, 0.15) is 25.8 Å². The fourth-order valence-electron chi connectivity index (χ4n) is 2.47. The minimum atomic E-state index is 0.0351. The highest BCUT2D eigenvalue weighted by Crippen LogP contribution is 2.33. The molecule has 0 aromatic heterocycles. The highest BCUT2D eigenvalue weighted by atomic mass is 16.2. The normalized spacial score (nSPS) is 15.1. The Morgan fingerprint density at radius 1 is 1.39 bits per heavy atom. The third-order valence-corrected chi connectivity index (χ3v) is 3.44. The highest BCUT2D eigenvalue weighted by molar-refractivity contribution is 6.01. The number of carbonyl (C=O) groups is 1. The van der Waals surface area contributed by atoms with Gasteiger partial charge in [0.2, 0.25) is 5.91 Å². The molecule has 1 aliphatic heterocycles. The zero-order valence-corrected chi connectivity index (χ0v) is 11.1. The molecule has 0 radical (unpaired) electrons. The summed E-state index contributed by atoms with van der Waals surface area (Å²) in [6, 6.07) is 5.68. The summed E-state index contributed by atoms with van der Waals surface area (Å²) < 4.78 is 0. The van der Waals surface area contributed by atoms with Crippen LogP contribution in [0.3, 0.4) is 0 Å². The van der Waals surface area contributed by atoms with E-state index in [-0.39, 0.29) is 11.3 Å². The molecule has 0 saturated heterocycles. The first kappa shape index (κ1) is 12.9. The van der Waals surface area contributed by atoms with Crippen molar-refractivity contribution in [2.24, 2.45) is 11.1 Å². The minimum absolute atomic E-state index is 0.0351. The van der Waals surface area contributed by atoms with E-state index in [4.69, 9.17) is 11.5 Å². The number of fused-ring (bicyclic) bond motifs is 1. The largest absolute Gasteiger partial charge is 0.399 e. The molecule has 1 aromatic rings. The van der Waals surface area contributed by atoms with Gasteiger partial charge in [0, 0.05) is 17.9 Å². The molecule has 1 heterocycles. The van der Waals surface area contributed by atoms with E-state index < -0.39 is 0 Å². The summed E-state index contributed by atoms with van der Waals surface area (Å²) in [7, 11) is 0. The van der Waals surface area contributed by atoms with Gasteiger partial charge in [-0.2, -0.15) is 0 Å². The lowest BCUT2D eigenvalue weighted by Crippen LogP contribution is -2.37. The van der Waals surface area contributed by atoms with Crippen molar-refractivity contribution in [1.82, 2.24) is 0 Å². The van der Waals surface area contributed by atoms with E-state index in [2.05, 4.69) is 13.8 Å². The van der Waals surface area contributed by atoms with Gasteiger partial charge in [0.15, 0.2) is 0 Å². The number of nitrogens with two attached hydrogens (primary N) is 2. The van der Waals surface area contributed by atoms with Crippen molar-refractivity contribution < 1.29 is 4.79 Å². The van der Waals surface area contributed by atoms with Crippen molar-refractivity contribution in [2.75, 3.05) is 23.7 Å². The topological polar surface area (TPSA) is 72.3 Å². The Bertz CT molecular complexity index is 468. The van der Waals surface area contributed by atoms with Gasteiger partial charge in [-0.05, 0) is 42.1 Å². The monoisotopic (exact) mass is 247 g/mol. The van der Waals surface area contributed by atoms with Crippen LogP contribution in [0, 0.1) is 5.41 Å². The molecule has 0 aliphatic carbocycles. The number of rotatable bonds is 4. The molecular weight excluding hydrogens is 226 g/mol. The third-order valence-electron chi connectivity index (χ3n) is 3.44. The van der Waals surface area contributed by atoms with Gasteiger partial charge < -0.3 is 16.4 Å². The Kier molecular flexibility index (Phi) is 3.30. The lowest BCUT2D eigenvalue weighted by atomic mass is 9.88. The molecule has 1 aliphatic rings. The van der Waals surface area contributed by atoms with Crippen molar-refractivity contribution in [1.29, 1.82) is 0 Å². The van der Waals surface area contributed by atoms with E-state index >= 15 is 0 Å². The Morgan fingerprint density at radius 3 is 2.78 bits per heavy atom. The molecule has 1 aromatic carbocycles. The van der Waals surface area contributed by atoms with Crippen molar-refractivity contribution in [3.63, 3.8) is 0 Å². The van der Waals surface area contributed by atoms with E-state index in [9.17, 15) is 4.79 Å². The Morgan fingerprint density at radius 2 is 2.11 bits per heavy atom. The Hall–Kier alpha value is -1.55. The van der Waals surface area contributed by atoms with E-state index in [0.29, 0.717) is 25.2 Å². The lowest BCUT2D eigenvalue weighted by Gasteiger charge is -2.30. The molecular formula is C14H21N3O. The molecule has 0 bridgehead atoms. The van der Waals surface area contributed by atoms with Gasteiger partial charge in [-0.1, -0.05) is 13.8 Å². The molecule has 0 atom stereocenters. The maximum atomic E-state index is 12.1. The third kappa shape index (κ3) is 2.48. The van der Waals surface area contributed by atoms with Crippen molar-refractivity contribution in [3.05, 3.63) is 23.8 Å². The zero-order chi connectivity index (χ0) is 13.3. The number of carbonyl (C=O) groups excluding carboxylic acids is 1. The summed E-state index contributed by atoms with van der Waals surface area (Å²) in [5.41, 5.74) is 14.1. The molecule has 1 amide bonds. The fourth-order valence-corrected chi connectivity index (χ4v) is 2.47. The zero-order valence-electron chi connectivity index (χ0n) is 11.1. The number of hydrogen-bond acceptors (Lipinski definition) is 3. The van der Waals surface area contributed by atoms with Crippen LogP contribution < -0.4 is 16.4 Å². The van der Waals surface area contributed by atoms with Crippen LogP contribution in [0.5, 0.6) is 0 Å². The number of nitrogen functional groups attached to an aromatic ring is 1. The fraction of sp³-hybridized carbons (Fsp3) is 0.500. The second-order valence-electron chi connectivity index (χ2n) is 5.75. The van der Waals surface area contributed by atoms with Crippen LogP contribution >= 0.6 is 0 Å². The Balaban J connectivity index is 2.23. The summed E-state index contributed by atoms with van der Waals surface area (Å²) >= 11 is 0. The predicted octanol–water partition coefficient (Wildman–Crippen LogP) is 1.53. The molecule has 18 heavy (non-hydrogen) atoms. The number of amides is 1. The van der Waals surface area contributed by atoms with Gasteiger partial charge in [-0.25, -0.2) is 0 Å². The van der Waals surface area contributed by atoms with Gasteiger partial charge in [-0.15, -0.1) is 0 Å². The van der Waals surface area contributed by atoms with Crippen LogP contribution in [-0.2, 0) is 11.2 Å². The summed E-state index contributed by atoms with van der Waals surface area (Å²) in [5, 5.41) is 0. The van der Waals surface area contributed by atoms with E-state index in [1.807, 2.05) is 23.1 Å². The quantitative estimate of drug-likeness (QED) is 0.793. The predicted molar refractivity (Wildman–Crippen MR) is 74.4 cm³/mol. The van der Waals surface area contributed by atoms with E-state index in [1.54, 1.807) is 0 Å². The molecule has 0 spiro atoms. The van der Waals surface area contributed by atoms with Crippen LogP contribution in [0.25, 0.3) is 0 Å². The minimum Gasteiger partial charge on any atom is -0.399 e. The molecule has 4 nitrogen and oxygen atoms in total. The molecule has 0 unspecified atom stereocenters. The lowest BCUT2D eigenvalue weighted by molar-refractivity contribution is -0.117. The van der Waals surface area contributed by atoms with Gasteiger partial charge in [0.05, 0.1) is 6.42 Å². The Labute approximate surface area is 108 Å². The van der Waals surface area contributed by atoms with Crippen molar-refractivity contribution in [3.8, 4) is 0 Å². The van der Waals surface area contributed by atoms with Crippen LogP contribution in [0.4, 0.5) is 11.4 Å². The van der Waals surface area contributed by atoms with Crippen LogP contribution in [0.15, 0.2) is 18.2 Å². The van der Waals surface area contributed by atoms with Gasteiger partial charge in [0.25, 0.3) is 0 Å². The SMILES string of the molecule is CC(C)(CCN)CN1C(=O)Cc2cc(N)ccc21. The summed E-state index contributed by atoms with van der Waals surface area (Å²) in [5.74, 6) is 0.153. The second-order valence-corrected chi connectivity index (χ2v) is 5.75. The van der Waals surface area contributed by atoms with Gasteiger partial charge in [-0.3, -0.25) is 4.79 Å². The molecule has 0 fully saturated rings. The average Bonchev–Trinajstić information content (AvgIpc) is 2.54. The summed E-state index contributed by atoms with van der Waals surface area (Å²) in [6.07, 6.45) is 1.36. The van der Waals surface area contributed by atoms with E-state index in [0.717, 1.165) is 17.7 Å². The smallest absolute Gasteiger partial charge is 0.231 e. The molecule has 4 heteroatoms. The van der Waals surface area contributed by atoms with Crippen molar-refractivity contribution >= 4 is 17.3 Å². The maximum absolute atomic E-state index is 12.1. The maximum Gasteiger partial charge on any atom is 0.231 e.